The Morgan fingerprint density at radius 3 is 1.96 bits per heavy atom. The Hall–Kier alpha value is -2.73. The van der Waals surface area contributed by atoms with Crippen molar-refractivity contribution in [3.63, 3.8) is 0 Å². The van der Waals surface area contributed by atoms with Crippen LogP contribution in [0.1, 0.15) is 24.3 Å². The van der Waals surface area contributed by atoms with Gasteiger partial charge in [0, 0.05) is 27.2 Å². The Labute approximate surface area is 164 Å². The van der Waals surface area contributed by atoms with Gasteiger partial charge in [0.2, 0.25) is 11.8 Å². The molecule has 2 aromatic carbocycles. The van der Waals surface area contributed by atoms with Crippen LogP contribution in [-0.2, 0) is 9.59 Å². The van der Waals surface area contributed by atoms with Crippen LogP contribution in [0.2, 0.25) is 0 Å². The van der Waals surface area contributed by atoms with E-state index in [1.807, 2.05) is 24.3 Å². The molecule has 28 heavy (non-hydrogen) atoms. The lowest BCUT2D eigenvalue weighted by Crippen LogP contribution is -2.50. The normalized spacial score (nSPS) is 15.9. The maximum Gasteiger partial charge on any atom is 0.240 e. The minimum absolute atomic E-state index is 0.180. The highest BCUT2D eigenvalue weighted by Gasteiger charge is 2.36. The van der Waals surface area contributed by atoms with Crippen LogP contribution in [0, 0.1) is 5.82 Å². The first-order chi connectivity index (χ1) is 13.4. The number of carbonyl (C=O) groups is 2. The Morgan fingerprint density at radius 1 is 0.964 bits per heavy atom. The summed E-state index contributed by atoms with van der Waals surface area (Å²) in [5.41, 5.74) is 8.77. The zero-order valence-corrected chi connectivity index (χ0v) is 16.3. The van der Waals surface area contributed by atoms with Gasteiger partial charge < -0.3 is 15.5 Å². The molecule has 2 N–H and O–H groups in total. The summed E-state index contributed by atoms with van der Waals surface area (Å²) < 4.78 is 13.1. The van der Waals surface area contributed by atoms with Crippen molar-refractivity contribution in [1.29, 1.82) is 0 Å². The van der Waals surface area contributed by atoms with E-state index in [0.717, 1.165) is 24.0 Å². The van der Waals surface area contributed by atoms with E-state index in [2.05, 4.69) is 0 Å². The quantitative estimate of drug-likeness (QED) is 0.863. The van der Waals surface area contributed by atoms with Crippen LogP contribution in [0.15, 0.2) is 48.5 Å². The second kappa shape index (κ2) is 8.52. The van der Waals surface area contributed by atoms with Gasteiger partial charge in [0.25, 0.3) is 0 Å². The van der Waals surface area contributed by atoms with E-state index in [9.17, 15) is 14.0 Å². The smallest absolute Gasteiger partial charge is 0.240 e. The molecule has 5 nitrogen and oxygen atoms in total. The fraction of sp³-hybridized carbons (Fsp3) is 0.364. The number of carbonyl (C=O) groups excluding carboxylic acids is 2. The second-order valence-corrected chi connectivity index (χ2v) is 7.40. The third kappa shape index (κ3) is 4.22. The monoisotopic (exact) mass is 383 g/mol. The summed E-state index contributed by atoms with van der Waals surface area (Å²) in [7, 11) is 3.32. The molecule has 0 aliphatic carbocycles. The second-order valence-electron chi connectivity index (χ2n) is 7.40. The predicted octanol–water partition coefficient (Wildman–Crippen LogP) is 2.61. The summed E-state index contributed by atoms with van der Waals surface area (Å²) in [5, 5.41) is 0. The molecule has 0 spiro atoms. The lowest BCUT2D eigenvalue weighted by Gasteiger charge is -2.28. The minimum atomic E-state index is -0.926. The standard InChI is InChI=1S/C22H26FN3O2/c1-25(2)21(27)19(20(24)22(28)26-13-3-4-14-26)17-7-5-15(6-8-17)16-9-11-18(23)12-10-16/h5-12,19-20H,3-4,13-14,24H2,1-2H3/t19-,20-/m0/s1. The maximum atomic E-state index is 13.1. The van der Waals surface area contributed by atoms with Crippen LogP contribution in [0.3, 0.4) is 0 Å². The molecule has 148 valence electrons. The molecular formula is C22H26FN3O2. The molecule has 6 heteroatoms. The summed E-state index contributed by atoms with van der Waals surface area (Å²) in [6.07, 6.45) is 1.94. The van der Waals surface area contributed by atoms with Crippen LogP contribution in [0.4, 0.5) is 4.39 Å². The number of hydrogen-bond acceptors (Lipinski definition) is 3. The topological polar surface area (TPSA) is 66.6 Å². The fourth-order valence-electron chi connectivity index (χ4n) is 3.60. The van der Waals surface area contributed by atoms with Crippen molar-refractivity contribution in [3.05, 3.63) is 59.9 Å². The van der Waals surface area contributed by atoms with Crippen LogP contribution in [0.5, 0.6) is 0 Å². The Bertz CT molecular complexity index is 828. The Kier molecular flexibility index (Phi) is 6.09. The molecule has 0 saturated carbocycles. The molecule has 0 unspecified atom stereocenters. The highest BCUT2D eigenvalue weighted by Crippen LogP contribution is 2.27. The van der Waals surface area contributed by atoms with E-state index in [1.54, 1.807) is 31.1 Å². The summed E-state index contributed by atoms with van der Waals surface area (Å²) in [5.74, 6) is -1.41. The van der Waals surface area contributed by atoms with Gasteiger partial charge in [-0.3, -0.25) is 9.59 Å². The molecule has 3 rings (SSSR count). The van der Waals surface area contributed by atoms with E-state index in [1.165, 1.54) is 17.0 Å². The average Bonchev–Trinajstić information content (AvgIpc) is 3.23. The largest absolute Gasteiger partial charge is 0.348 e. The van der Waals surface area contributed by atoms with Crippen LogP contribution in [0.25, 0.3) is 11.1 Å². The SMILES string of the molecule is CN(C)C(=O)[C@@H](c1ccc(-c2ccc(F)cc2)cc1)[C@H](N)C(=O)N1CCCC1. The molecule has 0 radical (unpaired) electrons. The number of amides is 2. The molecule has 0 bridgehead atoms. The van der Waals surface area contributed by atoms with E-state index >= 15 is 0 Å². The van der Waals surface area contributed by atoms with Crippen LogP contribution < -0.4 is 5.73 Å². The summed E-state index contributed by atoms with van der Waals surface area (Å²) >= 11 is 0. The fourth-order valence-corrected chi connectivity index (χ4v) is 3.60. The number of hydrogen-bond donors (Lipinski definition) is 1. The third-order valence-electron chi connectivity index (χ3n) is 5.22. The van der Waals surface area contributed by atoms with Gasteiger partial charge in [-0.2, -0.15) is 0 Å². The Balaban J connectivity index is 1.88. The van der Waals surface area contributed by atoms with Crippen molar-refractivity contribution in [3.8, 4) is 11.1 Å². The van der Waals surface area contributed by atoms with E-state index in [0.29, 0.717) is 18.7 Å². The first-order valence-electron chi connectivity index (χ1n) is 9.50. The number of nitrogens with zero attached hydrogens (tertiary/aromatic N) is 2. The third-order valence-corrected chi connectivity index (χ3v) is 5.22. The molecular weight excluding hydrogens is 357 g/mol. The van der Waals surface area contributed by atoms with E-state index in [-0.39, 0.29) is 17.6 Å². The van der Waals surface area contributed by atoms with Crippen molar-refractivity contribution >= 4 is 11.8 Å². The van der Waals surface area contributed by atoms with Crippen molar-refractivity contribution in [2.45, 2.75) is 24.8 Å². The van der Waals surface area contributed by atoms with Crippen molar-refractivity contribution in [2.24, 2.45) is 5.73 Å². The van der Waals surface area contributed by atoms with Gasteiger partial charge in [-0.05, 0) is 41.7 Å². The zero-order chi connectivity index (χ0) is 20.3. The molecule has 1 aliphatic heterocycles. The van der Waals surface area contributed by atoms with Gasteiger partial charge in [0.15, 0.2) is 0 Å². The first-order valence-corrected chi connectivity index (χ1v) is 9.50. The molecule has 0 aromatic heterocycles. The van der Waals surface area contributed by atoms with Gasteiger partial charge in [-0.15, -0.1) is 0 Å². The first kappa shape index (κ1) is 20.0. The number of rotatable bonds is 5. The Morgan fingerprint density at radius 2 is 1.46 bits per heavy atom. The van der Waals surface area contributed by atoms with Crippen molar-refractivity contribution < 1.29 is 14.0 Å². The van der Waals surface area contributed by atoms with E-state index in [4.69, 9.17) is 5.73 Å². The molecule has 2 atom stereocenters. The van der Waals surface area contributed by atoms with Gasteiger partial charge in [0.05, 0.1) is 5.92 Å². The summed E-state index contributed by atoms with van der Waals surface area (Å²) in [4.78, 5) is 28.8. The lowest BCUT2D eigenvalue weighted by molar-refractivity contribution is -0.138. The molecule has 2 amide bonds. The number of likely N-dealkylation sites (tertiary alicyclic amines) is 1. The highest BCUT2D eigenvalue weighted by atomic mass is 19.1. The summed E-state index contributed by atoms with van der Waals surface area (Å²) in [6, 6.07) is 12.7. The zero-order valence-electron chi connectivity index (χ0n) is 16.3. The van der Waals surface area contributed by atoms with Crippen molar-refractivity contribution in [1.82, 2.24) is 9.80 Å². The maximum absolute atomic E-state index is 13.1. The molecule has 1 saturated heterocycles. The van der Waals surface area contributed by atoms with E-state index < -0.39 is 12.0 Å². The van der Waals surface area contributed by atoms with Gasteiger partial charge in [-0.25, -0.2) is 4.39 Å². The highest BCUT2D eigenvalue weighted by molar-refractivity contribution is 5.93. The van der Waals surface area contributed by atoms with Crippen LogP contribution >= 0.6 is 0 Å². The molecule has 1 aliphatic rings. The van der Waals surface area contributed by atoms with Gasteiger partial charge in [0.1, 0.15) is 11.9 Å². The molecule has 2 aromatic rings. The summed E-state index contributed by atoms with van der Waals surface area (Å²) in [6.45, 7) is 1.39. The predicted molar refractivity (Wildman–Crippen MR) is 107 cm³/mol. The number of nitrogens with two attached hydrogens (primary N) is 1. The number of likely N-dealkylation sites (N-methyl/N-ethyl adjacent to an activating group) is 1. The van der Waals surface area contributed by atoms with Crippen molar-refractivity contribution in [2.75, 3.05) is 27.2 Å². The molecule has 1 heterocycles. The number of halogens is 1. The average molecular weight is 383 g/mol. The molecule has 1 fully saturated rings. The van der Waals surface area contributed by atoms with Gasteiger partial charge >= 0.3 is 0 Å². The number of benzene rings is 2. The van der Waals surface area contributed by atoms with Crippen LogP contribution in [-0.4, -0.2) is 54.8 Å². The lowest BCUT2D eigenvalue weighted by atomic mass is 9.88. The van der Waals surface area contributed by atoms with Gasteiger partial charge in [-0.1, -0.05) is 36.4 Å². The minimum Gasteiger partial charge on any atom is -0.348 e.